The van der Waals surface area contributed by atoms with Crippen LogP contribution in [-0.4, -0.2) is 41.6 Å². The van der Waals surface area contributed by atoms with Crippen molar-refractivity contribution in [3.8, 4) is 0 Å². The minimum absolute atomic E-state index is 0.0501. The summed E-state index contributed by atoms with van der Waals surface area (Å²) in [4.78, 5) is 25.7. The first-order chi connectivity index (χ1) is 10.3. The topological polar surface area (TPSA) is 58.6 Å². The van der Waals surface area contributed by atoms with Crippen LogP contribution in [0.4, 0.5) is 4.79 Å². The summed E-state index contributed by atoms with van der Waals surface area (Å²) in [7, 11) is 0. The van der Waals surface area contributed by atoms with Gasteiger partial charge in [0, 0.05) is 19.1 Å². The van der Waals surface area contributed by atoms with Gasteiger partial charge in [-0.15, -0.1) is 0 Å². The second kappa shape index (κ2) is 7.13. The molecule has 0 aliphatic carbocycles. The molecule has 5 nitrogen and oxygen atoms in total. The molecule has 1 fully saturated rings. The average Bonchev–Trinajstić information content (AvgIpc) is 2.90. The highest BCUT2D eigenvalue weighted by molar-refractivity contribution is 7.07. The molecule has 122 valence electrons. The minimum Gasteiger partial charge on any atom is -0.444 e. The van der Waals surface area contributed by atoms with Crippen LogP contribution in [0.5, 0.6) is 0 Å². The molecule has 0 bridgehead atoms. The lowest BCUT2D eigenvalue weighted by Crippen LogP contribution is -2.48. The predicted molar refractivity (Wildman–Crippen MR) is 87.0 cm³/mol. The number of likely N-dealkylation sites (tertiary alicyclic amines) is 1. The fourth-order valence-electron chi connectivity index (χ4n) is 2.39. The predicted octanol–water partition coefficient (Wildman–Crippen LogP) is 2.81. The van der Waals surface area contributed by atoms with Crippen LogP contribution in [0.15, 0.2) is 16.8 Å². The molecular weight excluding hydrogens is 300 g/mol. The molecule has 0 radical (unpaired) electrons. The van der Waals surface area contributed by atoms with Gasteiger partial charge in [-0.2, -0.15) is 11.3 Å². The number of thiophene rings is 1. The van der Waals surface area contributed by atoms with Crippen LogP contribution < -0.4 is 5.32 Å². The third-order valence-corrected chi connectivity index (χ3v) is 4.19. The van der Waals surface area contributed by atoms with Crippen molar-refractivity contribution in [2.24, 2.45) is 0 Å². The van der Waals surface area contributed by atoms with E-state index in [0.29, 0.717) is 19.5 Å². The zero-order chi connectivity index (χ0) is 16.2. The van der Waals surface area contributed by atoms with E-state index in [1.165, 1.54) is 0 Å². The largest absolute Gasteiger partial charge is 0.444 e. The van der Waals surface area contributed by atoms with E-state index in [1.807, 2.05) is 37.6 Å². The summed E-state index contributed by atoms with van der Waals surface area (Å²) in [5.74, 6) is 0.0501. The van der Waals surface area contributed by atoms with Crippen molar-refractivity contribution in [3.05, 3.63) is 22.4 Å². The standard InChI is InChI=1S/C16H24N2O3S/c1-16(2,3)21-15(20)18-7-4-13(5-8-18)17-14(19)10-12-6-9-22-11-12/h6,9,11,13H,4-5,7-8,10H2,1-3H3,(H,17,19). The molecule has 1 aromatic heterocycles. The second-order valence-corrected chi connectivity index (χ2v) is 7.40. The average molecular weight is 324 g/mol. The Morgan fingerprint density at radius 1 is 1.36 bits per heavy atom. The van der Waals surface area contributed by atoms with E-state index in [0.717, 1.165) is 18.4 Å². The number of piperidine rings is 1. The van der Waals surface area contributed by atoms with Crippen molar-refractivity contribution in [2.45, 2.75) is 51.7 Å². The highest BCUT2D eigenvalue weighted by Gasteiger charge is 2.27. The Labute approximate surface area is 135 Å². The second-order valence-electron chi connectivity index (χ2n) is 6.62. The van der Waals surface area contributed by atoms with E-state index in [1.54, 1.807) is 16.2 Å². The van der Waals surface area contributed by atoms with Crippen LogP contribution in [0.2, 0.25) is 0 Å². The first kappa shape index (κ1) is 16.8. The van der Waals surface area contributed by atoms with Crippen molar-refractivity contribution in [1.82, 2.24) is 10.2 Å². The number of carbonyl (C=O) groups is 2. The van der Waals surface area contributed by atoms with Crippen molar-refractivity contribution >= 4 is 23.3 Å². The van der Waals surface area contributed by atoms with Gasteiger partial charge in [-0.25, -0.2) is 4.79 Å². The van der Waals surface area contributed by atoms with Gasteiger partial charge in [-0.3, -0.25) is 4.79 Å². The molecule has 22 heavy (non-hydrogen) atoms. The maximum absolute atomic E-state index is 12.0. The Hall–Kier alpha value is -1.56. The van der Waals surface area contributed by atoms with Crippen LogP contribution in [0.3, 0.4) is 0 Å². The van der Waals surface area contributed by atoms with E-state index in [9.17, 15) is 9.59 Å². The molecule has 6 heteroatoms. The van der Waals surface area contributed by atoms with Crippen LogP contribution in [0.25, 0.3) is 0 Å². The number of hydrogen-bond acceptors (Lipinski definition) is 4. The molecule has 2 rings (SSSR count). The number of nitrogens with one attached hydrogen (secondary N) is 1. The molecular formula is C16H24N2O3S. The number of carbonyl (C=O) groups excluding carboxylic acids is 2. The SMILES string of the molecule is CC(C)(C)OC(=O)N1CCC(NC(=O)Cc2ccsc2)CC1. The first-order valence-electron chi connectivity index (χ1n) is 7.62. The molecule has 2 heterocycles. The van der Waals surface area contributed by atoms with Crippen molar-refractivity contribution in [3.63, 3.8) is 0 Å². The molecule has 0 aromatic carbocycles. The van der Waals surface area contributed by atoms with Crippen molar-refractivity contribution in [2.75, 3.05) is 13.1 Å². The highest BCUT2D eigenvalue weighted by atomic mass is 32.1. The Balaban J connectivity index is 1.73. The number of nitrogens with zero attached hydrogens (tertiary/aromatic N) is 1. The quantitative estimate of drug-likeness (QED) is 0.930. The van der Waals surface area contributed by atoms with Gasteiger partial charge in [0.2, 0.25) is 5.91 Å². The normalized spacial score (nSPS) is 16.4. The number of amides is 2. The van der Waals surface area contributed by atoms with Gasteiger partial charge in [-0.05, 0) is 56.0 Å². The highest BCUT2D eigenvalue weighted by Crippen LogP contribution is 2.16. The Morgan fingerprint density at radius 2 is 2.05 bits per heavy atom. The summed E-state index contributed by atoms with van der Waals surface area (Å²) < 4.78 is 5.36. The summed E-state index contributed by atoms with van der Waals surface area (Å²) in [5, 5.41) is 7.02. The summed E-state index contributed by atoms with van der Waals surface area (Å²) in [6, 6.07) is 2.11. The van der Waals surface area contributed by atoms with E-state index in [2.05, 4.69) is 5.32 Å². The lowest BCUT2D eigenvalue weighted by atomic mass is 10.0. The molecule has 1 aliphatic heterocycles. The Kier molecular flexibility index (Phi) is 5.45. The summed E-state index contributed by atoms with van der Waals surface area (Å²) >= 11 is 1.60. The van der Waals surface area contributed by atoms with Gasteiger partial charge in [-0.1, -0.05) is 0 Å². The fraction of sp³-hybridized carbons (Fsp3) is 0.625. The summed E-state index contributed by atoms with van der Waals surface area (Å²) in [6.07, 6.45) is 1.70. The van der Waals surface area contributed by atoms with Gasteiger partial charge in [0.1, 0.15) is 5.60 Å². The van der Waals surface area contributed by atoms with Crippen LogP contribution in [-0.2, 0) is 16.0 Å². The maximum Gasteiger partial charge on any atom is 0.410 e. The molecule has 1 aromatic rings. The zero-order valence-electron chi connectivity index (χ0n) is 13.4. The van der Waals surface area contributed by atoms with Gasteiger partial charge >= 0.3 is 6.09 Å². The molecule has 2 amide bonds. The first-order valence-corrected chi connectivity index (χ1v) is 8.56. The Morgan fingerprint density at radius 3 is 2.59 bits per heavy atom. The van der Waals surface area contributed by atoms with E-state index >= 15 is 0 Å². The third kappa shape index (κ3) is 5.33. The monoisotopic (exact) mass is 324 g/mol. The van der Waals surface area contributed by atoms with Crippen molar-refractivity contribution in [1.29, 1.82) is 0 Å². The minimum atomic E-state index is -0.470. The fourth-order valence-corrected chi connectivity index (χ4v) is 3.06. The third-order valence-electron chi connectivity index (χ3n) is 3.46. The molecule has 0 unspecified atom stereocenters. The van der Waals surface area contributed by atoms with Crippen LogP contribution in [0.1, 0.15) is 39.2 Å². The van der Waals surface area contributed by atoms with Crippen LogP contribution >= 0.6 is 11.3 Å². The van der Waals surface area contributed by atoms with Gasteiger partial charge < -0.3 is 15.0 Å². The maximum atomic E-state index is 12.0. The number of hydrogen-bond donors (Lipinski definition) is 1. The van der Waals surface area contributed by atoms with Crippen LogP contribution in [0, 0.1) is 0 Å². The summed E-state index contributed by atoms with van der Waals surface area (Å²) in [5.41, 5.74) is 0.580. The van der Waals surface area contributed by atoms with Gasteiger partial charge in [0.05, 0.1) is 6.42 Å². The van der Waals surface area contributed by atoms with E-state index in [-0.39, 0.29) is 18.0 Å². The zero-order valence-corrected chi connectivity index (χ0v) is 14.2. The smallest absolute Gasteiger partial charge is 0.410 e. The number of ether oxygens (including phenoxy) is 1. The molecule has 1 N–H and O–H groups in total. The van der Waals surface area contributed by atoms with E-state index in [4.69, 9.17) is 4.74 Å². The molecule has 1 aliphatic rings. The molecule has 0 atom stereocenters. The molecule has 0 spiro atoms. The van der Waals surface area contributed by atoms with Gasteiger partial charge in [0.25, 0.3) is 0 Å². The number of rotatable bonds is 3. The van der Waals surface area contributed by atoms with E-state index < -0.39 is 5.60 Å². The lowest BCUT2D eigenvalue weighted by molar-refractivity contribution is -0.121. The lowest BCUT2D eigenvalue weighted by Gasteiger charge is -2.33. The molecule has 1 saturated heterocycles. The van der Waals surface area contributed by atoms with Gasteiger partial charge in [0.15, 0.2) is 0 Å². The molecule has 0 saturated carbocycles. The Bertz CT molecular complexity index is 500. The summed E-state index contributed by atoms with van der Waals surface area (Å²) in [6.45, 7) is 6.84. The van der Waals surface area contributed by atoms with Crippen molar-refractivity contribution < 1.29 is 14.3 Å².